The summed E-state index contributed by atoms with van der Waals surface area (Å²) < 4.78 is 14.5. The van der Waals surface area contributed by atoms with Gasteiger partial charge in [-0.1, -0.05) is 39.8 Å². The maximum Gasteiger partial charge on any atom is 0.308 e. The lowest BCUT2D eigenvalue weighted by atomic mass is 9.90. The zero-order chi connectivity index (χ0) is 29.1. The second-order valence-electron chi connectivity index (χ2n) is 12.1. The van der Waals surface area contributed by atoms with Crippen molar-refractivity contribution in [3.05, 3.63) is 54.5 Å². The number of anilines is 2. The Bertz CT molecular complexity index is 1650. The van der Waals surface area contributed by atoms with E-state index in [-0.39, 0.29) is 41.1 Å². The van der Waals surface area contributed by atoms with Crippen molar-refractivity contribution >= 4 is 45.5 Å². The van der Waals surface area contributed by atoms with E-state index >= 15 is 0 Å². The summed E-state index contributed by atoms with van der Waals surface area (Å²) in [4.78, 5) is 39.2. The summed E-state index contributed by atoms with van der Waals surface area (Å²) in [5.41, 5.74) is 14.4. The van der Waals surface area contributed by atoms with Crippen molar-refractivity contribution in [2.24, 2.45) is 23.2 Å². The lowest BCUT2D eigenvalue weighted by Crippen LogP contribution is -2.42. The van der Waals surface area contributed by atoms with Crippen LogP contribution in [0.3, 0.4) is 0 Å². The normalized spacial score (nSPS) is 25.1. The van der Waals surface area contributed by atoms with E-state index in [1.807, 2.05) is 36.7 Å². The Morgan fingerprint density at radius 1 is 1.02 bits per heavy atom. The van der Waals surface area contributed by atoms with Gasteiger partial charge in [-0.3, -0.25) is 9.59 Å². The van der Waals surface area contributed by atoms with Crippen molar-refractivity contribution in [3.8, 4) is 0 Å². The van der Waals surface area contributed by atoms with Crippen LogP contribution in [0.15, 0.2) is 48.9 Å². The molecule has 0 amide bonds. The molecule has 4 N–H and O–H groups in total. The van der Waals surface area contributed by atoms with Gasteiger partial charge < -0.3 is 25.5 Å². The molecule has 214 valence electrons. The molecule has 2 aliphatic carbocycles. The molecule has 0 bridgehead atoms. The fourth-order valence-corrected chi connectivity index (χ4v) is 6.45. The molecule has 2 fully saturated rings. The molecule has 2 saturated carbocycles. The van der Waals surface area contributed by atoms with Gasteiger partial charge in [0.05, 0.1) is 28.8 Å². The van der Waals surface area contributed by atoms with Gasteiger partial charge in [-0.15, -0.1) is 0 Å². The Morgan fingerprint density at radius 3 is 2.51 bits per heavy atom. The number of benzene rings is 1. The van der Waals surface area contributed by atoms with Crippen molar-refractivity contribution in [3.63, 3.8) is 0 Å². The summed E-state index contributed by atoms with van der Waals surface area (Å²) in [6.45, 7) is 7.23. The van der Waals surface area contributed by atoms with Gasteiger partial charge in [-0.05, 0) is 55.0 Å². The Morgan fingerprint density at radius 2 is 1.76 bits per heavy atom. The van der Waals surface area contributed by atoms with Crippen LogP contribution < -0.4 is 11.5 Å². The standard InChI is InChI=1S/C31H36N6O4/c1-16(2)29(38)40-25-24(37-12-10-20-27(33)34-15-35-28(20)37)21-14-31(21,26(25)41-30(39)17(3)4)11-9-18-5-6-19-7-8-23(32)36-22(19)13-18/h5-8,10,12-13,15-17,21,24-26H,9,11,14H2,1-4H3,(H2,32,36)(H2,33,34,35)/t21-,24-,25+,26+,31-/m1/s1. The van der Waals surface area contributed by atoms with Gasteiger partial charge in [0.25, 0.3) is 0 Å². The predicted octanol–water partition coefficient (Wildman–Crippen LogP) is 4.47. The first-order chi connectivity index (χ1) is 19.6. The highest BCUT2D eigenvalue weighted by Gasteiger charge is 2.74. The summed E-state index contributed by atoms with van der Waals surface area (Å²) in [5, 5.41) is 1.76. The van der Waals surface area contributed by atoms with Crippen molar-refractivity contribution in [2.75, 3.05) is 11.5 Å². The summed E-state index contributed by atoms with van der Waals surface area (Å²) in [7, 11) is 0. The van der Waals surface area contributed by atoms with Crippen molar-refractivity contribution in [1.82, 2.24) is 19.5 Å². The van der Waals surface area contributed by atoms with Gasteiger partial charge in [0.2, 0.25) is 0 Å². The molecule has 3 heterocycles. The lowest BCUT2D eigenvalue weighted by molar-refractivity contribution is -0.177. The van der Waals surface area contributed by atoms with E-state index in [1.54, 1.807) is 19.9 Å². The molecule has 10 nitrogen and oxygen atoms in total. The van der Waals surface area contributed by atoms with Crippen LogP contribution in [0.25, 0.3) is 21.9 Å². The summed E-state index contributed by atoms with van der Waals surface area (Å²) in [6, 6.07) is 11.6. The number of carbonyl (C=O) groups excluding carboxylic acids is 2. The number of hydrogen-bond acceptors (Lipinski definition) is 9. The third-order valence-corrected chi connectivity index (χ3v) is 8.75. The Balaban J connectivity index is 1.39. The van der Waals surface area contributed by atoms with E-state index in [9.17, 15) is 9.59 Å². The smallest absolute Gasteiger partial charge is 0.308 e. The third kappa shape index (κ3) is 4.65. The van der Waals surface area contributed by atoms with E-state index < -0.39 is 12.2 Å². The monoisotopic (exact) mass is 556 g/mol. The van der Waals surface area contributed by atoms with Gasteiger partial charge in [-0.2, -0.15) is 0 Å². The number of nitrogens with two attached hydrogens (primary N) is 2. The van der Waals surface area contributed by atoms with E-state index in [0.29, 0.717) is 17.3 Å². The van der Waals surface area contributed by atoms with Crippen LogP contribution >= 0.6 is 0 Å². The topological polar surface area (TPSA) is 148 Å². The number of fused-ring (bicyclic) bond motifs is 3. The van der Waals surface area contributed by atoms with Crippen molar-refractivity contribution in [1.29, 1.82) is 0 Å². The molecular formula is C31H36N6O4. The van der Waals surface area contributed by atoms with E-state index in [2.05, 4.69) is 33.2 Å². The molecule has 0 radical (unpaired) electrons. The highest BCUT2D eigenvalue weighted by Crippen LogP contribution is 2.71. The summed E-state index contributed by atoms with van der Waals surface area (Å²) in [5.74, 6) is -0.306. The SMILES string of the molecule is CC(C)C(=O)O[C@H]1[C@H](n2ccc3c(N)ncnc32)[C@H]2C[C@@]2(CCc2ccc3ccc(N)nc3c2)[C@H]1OC(=O)C(C)C. The minimum absolute atomic E-state index is 0.110. The number of esters is 2. The first-order valence-electron chi connectivity index (χ1n) is 14.2. The third-order valence-electron chi connectivity index (χ3n) is 8.75. The van der Waals surface area contributed by atoms with Gasteiger partial charge in [0.15, 0.2) is 6.10 Å². The number of pyridine rings is 1. The number of rotatable bonds is 8. The zero-order valence-corrected chi connectivity index (χ0v) is 23.8. The average Bonchev–Trinajstić information content (AvgIpc) is 3.40. The number of carbonyl (C=O) groups is 2. The molecule has 0 spiro atoms. The van der Waals surface area contributed by atoms with Crippen molar-refractivity contribution < 1.29 is 19.1 Å². The maximum absolute atomic E-state index is 13.0. The Hall–Kier alpha value is -4.21. The largest absolute Gasteiger partial charge is 0.458 e. The predicted molar refractivity (Wildman–Crippen MR) is 155 cm³/mol. The number of nitrogen functional groups attached to an aromatic ring is 2. The maximum atomic E-state index is 13.0. The molecule has 4 aromatic rings. The quantitative estimate of drug-likeness (QED) is 0.300. The fraction of sp³-hybridized carbons (Fsp3) is 0.452. The molecule has 0 aliphatic heterocycles. The number of hydrogen-bond donors (Lipinski definition) is 2. The highest BCUT2D eigenvalue weighted by atomic mass is 16.6. The molecule has 6 rings (SSSR count). The first kappa shape index (κ1) is 27.0. The van der Waals surface area contributed by atoms with Crippen LogP contribution in [-0.4, -0.2) is 43.7 Å². The van der Waals surface area contributed by atoms with Crippen molar-refractivity contribution in [2.45, 2.75) is 65.2 Å². The number of aromatic nitrogens is 4. The lowest BCUT2D eigenvalue weighted by Gasteiger charge is -2.32. The van der Waals surface area contributed by atoms with E-state index in [1.165, 1.54) is 6.33 Å². The molecule has 0 unspecified atom stereocenters. The van der Waals surface area contributed by atoms with Crippen LogP contribution in [0.1, 0.15) is 52.1 Å². The van der Waals surface area contributed by atoms with E-state index in [0.717, 1.165) is 41.1 Å². The number of ether oxygens (including phenoxy) is 2. The second-order valence-corrected chi connectivity index (χ2v) is 12.1. The summed E-state index contributed by atoms with van der Waals surface area (Å²) >= 11 is 0. The van der Waals surface area contributed by atoms with Crippen LogP contribution in [0.4, 0.5) is 11.6 Å². The zero-order valence-electron chi connectivity index (χ0n) is 23.8. The van der Waals surface area contributed by atoms with Crippen LogP contribution in [0, 0.1) is 23.2 Å². The first-order valence-corrected chi connectivity index (χ1v) is 14.2. The molecule has 10 heteroatoms. The van der Waals surface area contributed by atoms with Crippen LogP contribution in [-0.2, 0) is 25.5 Å². The molecule has 0 saturated heterocycles. The van der Waals surface area contributed by atoms with E-state index in [4.69, 9.17) is 20.9 Å². The number of nitrogens with zero attached hydrogens (tertiary/aromatic N) is 4. The van der Waals surface area contributed by atoms with Gasteiger partial charge >= 0.3 is 11.9 Å². The van der Waals surface area contributed by atoms with Crippen LogP contribution in [0.5, 0.6) is 0 Å². The second kappa shape index (κ2) is 10.0. The van der Waals surface area contributed by atoms with Crippen LogP contribution in [0.2, 0.25) is 0 Å². The minimum atomic E-state index is -0.670. The molecule has 1 aromatic carbocycles. The molecule has 41 heavy (non-hydrogen) atoms. The Labute approximate surface area is 238 Å². The average molecular weight is 557 g/mol. The number of aryl methyl sites for hydroxylation is 1. The molecule has 5 atom stereocenters. The van der Waals surface area contributed by atoms with Gasteiger partial charge in [0, 0.05) is 17.0 Å². The van der Waals surface area contributed by atoms with Gasteiger partial charge in [-0.25, -0.2) is 15.0 Å². The Kier molecular flexibility index (Phi) is 6.59. The highest BCUT2D eigenvalue weighted by molar-refractivity contribution is 5.86. The molecule has 2 aliphatic rings. The summed E-state index contributed by atoms with van der Waals surface area (Å²) in [6.07, 6.45) is 4.43. The molecular weight excluding hydrogens is 520 g/mol. The minimum Gasteiger partial charge on any atom is -0.458 e. The fourth-order valence-electron chi connectivity index (χ4n) is 6.45. The van der Waals surface area contributed by atoms with Gasteiger partial charge in [0.1, 0.15) is 29.7 Å². The molecule has 3 aromatic heterocycles.